The molecule has 2 amide bonds. The van der Waals surface area contributed by atoms with Gasteiger partial charge >= 0.3 is 6.09 Å². The lowest BCUT2D eigenvalue weighted by Gasteiger charge is -2.21. The number of carbonyl (C=O) groups excluding carboxylic acids is 2. The molecule has 9 heteroatoms. The van der Waals surface area contributed by atoms with E-state index in [-0.39, 0.29) is 16.8 Å². The third kappa shape index (κ3) is 8.39. The average Bonchev–Trinajstić information content (AvgIpc) is 2.69. The minimum atomic E-state index is -3.82. The van der Waals surface area contributed by atoms with E-state index >= 15 is 0 Å². The highest BCUT2D eigenvalue weighted by atomic mass is 32.2. The van der Waals surface area contributed by atoms with Crippen molar-refractivity contribution >= 4 is 22.0 Å². The standard InChI is InChI=1S/C22H29N3O5S/c1-22(2,3)30-21(27)24-15-7-10-19(16-8-5-4-6-9-16)25-20(26)17-11-13-18(14-12-17)31(23,28)29/h4-6,8-9,11-14,19H,7,10,15H2,1-3H3,(H,24,27)(H,25,26)(H2,23,28,29). The fraction of sp³-hybridized carbons (Fsp3) is 0.364. The Morgan fingerprint density at radius 1 is 1.03 bits per heavy atom. The summed E-state index contributed by atoms with van der Waals surface area (Å²) in [4.78, 5) is 24.4. The number of nitrogens with two attached hydrogens (primary N) is 1. The number of nitrogens with one attached hydrogen (secondary N) is 2. The Kier molecular flexibility index (Phi) is 8.18. The number of rotatable bonds is 8. The van der Waals surface area contributed by atoms with Gasteiger partial charge in [0, 0.05) is 12.1 Å². The molecule has 0 aliphatic heterocycles. The molecule has 4 N–H and O–H groups in total. The van der Waals surface area contributed by atoms with Crippen LogP contribution in [0.2, 0.25) is 0 Å². The molecule has 0 heterocycles. The van der Waals surface area contributed by atoms with E-state index < -0.39 is 21.7 Å². The van der Waals surface area contributed by atoms with Crippen LogP contribution < -0.4 is 15.8 Å². The van der Waals surface area contributed by atoms with Crippen molar-refractivity contribution in [3.8, 4) is 0 Å². The predicted octanol–water partition coefficient (Wildman–Crippen LogP) is 3.11. The first kappa shape index (κ1) is 24.4. The summed E-state index contributed by atoms with van der Waals surface area (Å²) in [7, 11) is -3.82. The molecule has 2 aromatic rings. The number of primary sulfonamides is 1. The summed E-state index contributed by atoms with van der Waals surface area (Å²) >= 11 is 0. The number of sulfonamides is 1. The van der Waals surface area contributed by atoms with Crippen LogP contribution in [0.5, 0.6) is 0 Å². The van der Waals surface area contributed by atoms with Crippen LogP contribution >= 0.6 is 0 Å². The summed E-state index contributed by atoms with van der Waals surface area (Å²) < 4.78 is 28.0. The van der Waals surface area contributed by atoms with E-state index in [0.717, 1.165) is 5.56 Å². The fourth-order valence-electron chi connectivity index (χ4n) is 2.86. The summed E-state index contributed by atoms with van der Waals surface area (Å²) in [5.74, 6) is -0.338. The van der Waals surface area contributed by atoms with E-state index in [1.807, 2.05) is 30.3 Å². The lowest BCUT2D eigenvalue weighted by molar-refractivity contribution is 0.0526. The number of amides is 2. The molecular formula is C22H29N3O5S. The quantitative estimate of drug-likeness (QED) is 0.536. The van der Waals surface area contributed by atoms with Crippen molar-refractivity contribution in [2.24, 2.45) is 5.14 Å². The second-order valence-corrected chi connectivity index (χ2v) is 9.64. The maximum atomic E-state index is 12.7. The van der Waals surface area contributed by atoms with Gasteiger partial charge in [-0.05, 0) is 63.4 Å². The van der Waals surface area contributed by atoms with Gasteiger partial charge in [0.05, 0.1) is 10.9 Å². The number of hydrogen-bond donors (Lipinski definition) is 3. The van der Waals surface area contributed by atoms with Crippen LogP contribution in [-0.2, 0) is 14.8 Å². The van der Waals surface area contributed by atoms with Gasteiger partial charge in [0.1, 0.15) is 5.60 Å². The van der Waals surface area contributed by atoms with Crippen molar-refractivity contribution in [3.05, 3.63) is 65.7 Å². The zero-order chi connectivity index (χ0) is 23.1. The van der Waals surface area contributed by atoms with E-state index in [1.165, 1.54) is 24.3 Å². The molecule has 0 fully saturated rings. The van der Waals surface area contributed by atoms with Crippen LogP contribution in [0.15, 0.2) is 59.5 Å². The van der Waals surface area contributed by atoms with E-state index in [9.17, 15) is 18.0 Å². The molecule has 0 saturated carbocycles. The number of ether oxygens (including phenoxy) is 1. The first-order chi connectivity index (χ1) is 14.5. The molecule has 31 heavy (non-hydrogen) atoms. The minimum Gasteiger partial charge on any atom is -0.444 e. The molecule has 0 spiro atoms. The highest BCUT2D eigenvalue weighted by molar-refractivity contribution is 7.89. The smallest absolute Gasteiger partial charge is 0.407 e. The number of alkyl carbamates (subject to hydrolysis) is 1. The molecule has 0 radical (unpaired) electrons. The van der Waals surface area contributed by atoms with Crippen LogP contribution in [0.3, 0.4) is 0 Å². The normalized spacial score (nSPS) is 12.6. The molecular weight excluding hydrogens is 418 g/mol. The molecule has 8 nitrogen and oxygen atoms in total. The van der Waals surface area contributed by atoms with Gasteiger partial charge in [-0.1, -0.05) is 30.3 Å². The molecule has 168 valence electrons. The summed E-state index contributed by atoms with van der Waals surface area (Å²) in [6.07, 6.45) is 0.715. The van der Waals surface area contributed by atoms with E-state index in [0.29, 0.717) is 24.9 Å². The van der Waals surface area contributed by atoms with E-state index in [2.05, 4.69) is 10.6 Å². The molecule has 2 aromatic carbocycles. The SMILES string of the molecule is CC(C)(C)OC(=O)NCCCC(NC(=O)c1ccc(S(N)(=O)=O)cc1)c1ccccc1. The van der Waals surface area contributed by atoms with Crippen LogP contribution in [0, 0.1) is 0 Å². The molecule has 0 aliphatic rings. The predicted molar refractivity (Wildman–Crippen MR) is 118 cm³/mol. The third-order valence-electron chi connectivity index (χ3n) is 4.29. The maximum absolute atomic E-state index is 12.7. The van der Waals surface area contributed by atoms with Gasteiger partial charge in [0.25, 0.3) is 5.91 Å². The highest BCUT2D eigenvalue weighted by Gasteiger charge is 2.18. The molecule has 0 aliphatic carbocycles. The van der Waals surface area contributed by atoms with Gasteiger partial charge in [-0.15, -0.1) is 0 Å². The van der Waals surface area contributed by atoms with Crippen molar-refractivity contribution in [1.29, 1.82) is 0 Å². The molecule has 0 aromatic heterocycles. The largest absolute Gasteiger partial charge is 0.444 e. The number of hydrogen-bond acceptors (Lipinski definition) is 5. The van der Waals surface area contributed by atoms with Crippen LogP contribution in [-0.4, -0.2) is 32.6 Å². The van der Waals surface area contributed by atoms with Crippen molar-refractivity contribution < 1.29 is 22.7 Å². The highest BCUT2D eigenvalue weighted by Crippen LogP contribution is 2.19. The molecule has 1 atom stereocenters. The Morgan fingerprint density at radius 3 is 2.19 bits per heavy atom. The van der Waals surface area contributed by atoms with Crippen LogP contribution in [0.25, 0.3) is 0 Å². The topological polar surface area (TPSA) is 128 Å². The monoisotopic (exact) mass is 447 g/mol. The van der Waals surface area contributed by atoms with Gasteiger partial charge in [-0.2, -0.15) is 0 Å². The summed E-state index contributed by atoms with van der Waals surface area (Å²) in [5.41, 5.74) is 0.679. The first-order valence-corrected chi connectivity index (χ1v) is 11.5. The summed E-state index contributed by atoms with van der Waals surface area (Å²) in [6, 6.07) is 14.6. The number of benzene rings is 2. The fourth-order valence-corrected chi connectivity index (χ4v) is 3.37. The summed E-state index contributed by atoms with van der Waals surface area (Å²) in [6.45, 7) is 5.78. The molecule has 2 rings (SSSR count). The van der Waals surface area contributed by atoms with E-state index in [4.69, 9.17) is 9.88 Å². The van der Waals surface area contributed by atoms with Gasteiger partial charge < -0.3 is 15.4 Å². The van der Waals surface area contributed by atoms with Crippen molar-refractivity contribution in [1.82, 2.24) is 10.6 Å². The van der Waals surface area contributed by atoms with Crippen LogP contribution in [0.1, 0.15) is 55.6 Å². The van der Waals surface area contributed by atoms with Gasteiger partial charge in [-0.25, -0.2) is 18.4 Å². The first-order valence-electron chi connectivity index (χ1n) is 9.91. The van der Waals surface area contributed by atoms with Crippen LogP contribution in [0.4, 0.5) is 4.79 Å². The average molecular weight is 448 g/mol. The molecule has 0 bridgehead atoms. The second kappa shape index (κ2) is 10.4. The molecule has 1 unspecified atom stereocenters. The Labute approximate surface area is 183 Å². The minimum absolute atomic E-state index is 0.0584. The van der Waals surface area contributed by atoms with Gasteiger partial charge in [-0.3, -0.25) is 4.79 Å². The lowest BCUT2D eigenvalue weighted by Crippen LogP contribution is -2.33. The summed E-state index contributed by atoms with van der Waals surface area (Å²) in [5, 5.41) is 10.8. The molecule has 0 saturated heterocycles. The second-order valence-electron chi connectivity index (χ2n) is 8.08. The van der Waals surface area contributed by atoms with Crippen molar-refractivity contribution in [2.45, 2.75) is 50.2 Å². The van der Waals surface area contributed by atoms with Crippen molar-refractivity contribution in [2.75, 3.05) is 6.54 Å². The maximum Gasteiger partial charge on any atom is 0.407 e. The number of carbonyl (C=O) groups is 2. The Balaban J connectivity index is 2.00. The Hall–Kier alpha value is -2.91. The van der Waals surface area contributed by atoms with Crippen molar-refractivity contribution in [3.63, 3.8) is 0 Å². The Bertz CT molecular complexity index is 984. The zero-order valence-corrected chi connectivity index (χ0v) is 18.7. The Morgan fingerprint density at radius 2 is 1.65 bits per heavy atom. The van der Waals surface area contributed by atoms with E-state index in [1.54, 1.807) is 20.8 Å². The third-order valence-corrected chi connectivity index (χ3v) is 5.22. The lowest BCUT2D eigenvalue weighted by atomic mass is 10.0. The van der Waals surface area contributed by atoms with Gasteiger partial charge in [0.15, 0.2) is 0 Å². The van der Waals surface area contributed by atoms with Gasteiger partial charge in [0.2, 0.25) is 10.0 Å². The zero-order valence-electron chi connectivity index (χ0n) is 17.9.